The summed E-state index contributed by atoms with van der Waals surface area (Å²) in [6.07, 6.45) is 0. The Morgan fingerprint density at radius 1 is 1.50 bits per heavy atom. The minimum atomic E-state index is -0.0399. The van der Waals surface area contributed by atoms with E-state index in [1.54, 1.807) is 0 Å². The van der Waals surface area contributed by atoms with Crippen molar-refractivity contribution in [1.82, 2.24) is 0 Å². The van der Waals surface area contributed by atoms with Crippen molar-refractivity contribution in [2.75, 3.05) is 0 Å². The molecule has 0 amide bonds. The van der Waals surface area contributed by atoms with Gasteiger partial charge in [0.1, 0.15) is 0 Å². The highest BCUT2D eigenvalue weighted by Gasteiger charge is 2.08. The molecule has 62 valence electrons. The summed E-state index contributed by atoms with van der Waals surface area (Å²) in [5.74, 6) is 0. The van der Waals surface area contributed by atoms with E-state index < -0.39 is 0 Å². The summed E-state index contributed by atoms with van der Waals surface area (Å²) in [5.41, 5.74) is 2.28. The zero-order valence-corrected chi connectivity index (χ0v) is 8.72. The number of rotatable bonds is 1. The zero-order chi connectivity index (χ0) is 9.14. The molecule has 12 heavy (non-hydrogen) atoms. The molecule has 1 aromatic rings. The second-order valence-electron chi connectivity index (χ2n) is 2.81. The monoisotopic (exact) mass is 223 g/mol. The molecular formula is C10H10BrN. The lowest BCUT2D eigenvalue weighted by Crippen LogP contribution is -1.87. The van der Waals surface area contributed by atoms with Gasteiger partial charge in [0.2, 0.25) is 6.04 Å². The molecule has 0 heterocycles. The van der Waals surface area contributed by atoms with Crippen LogP contribution in [0.2, 0.25) is 0 Å². The van der Waals surface area contributed by atoms with E-state index in [2.05, 4.69) is 20.8 Å². The molecule has 1 atom stereocenters. The van der Waals surface area contributed by atoms with Crippen molar-refractivity contribution in [2.45, 2.75) is 19.9 Å². The van der Waals surface area contributed by atoms with Crippen LogP contribution in [0.15, 0.2) is 22.7 Å². The topological polar surface area (TPSA) is 4.36 Å². The van der Waals surface area contributed by atoms with Gasteiger partial charge < -0.3 is 4.85 Å². The largest absolute Gasteiger partial charge is 0.309 e. The van der Waals surface area contributed by atoms with E-state index in [9.17, 15) is 0 Å². The first-order valence-corrected chi connectivity index (χ1v) is 4.57. The van der Waals surface area contributed by atoms with Gasteiger partial charge in [0.15, 0.2) is 0 Å². The number of aryl methyl sites for hydroxylation is 1. The Kier molecular flexibility index (Phi) is 2.88. The van der Waals surface area contributed by atoms with Gasteiger partial charge in [0.05, 0.1) is 0 Å². The van der Waals surface area contributed by atoms with Crippen molar-refractivity contribution in [3.63, 3.8) is 0 Å². The van der Waals surface area contributed by atoms with Gasteiger partial charge in [-0.05, 0) is 18.6 Å². The van der Waals surface area contributed by atoms with Gasteiger partial charge in [-0.3, -0.25) is 0 Å². The van der Waals surface area contributed by atoms with Crippen molar-refractivity contribution in [2.24, 2.45) is 0 Å². The molecule has 0 bridgehead atoms. The van der Waals surface area contributed by atoms with Gasteiger partial charge in [-0.1, -0.05) is 28.1 Å². The fourth-order valence-electron chi connectivity index (χ4n) is 0.944. The van der Waals surface area contributed by atoms with Gasteiger partial charge in [-0.25, -0.2) is 6.57 Å². The summed E-state index contributed by atoms with van der Waals surface area (Å²) in [6.45, 7) is 10.8. The van der Waals surface area contributed by atoms with Crippen LogP contribution in [-0.2, 0) is 0 Å². The number of hydrogen-bond donors (Lipinski definition) is 0. The summed E-state index contributed by atoms with van der Waals surface area (Å²) in [6, 6.07) is 6.00. The quantitative estimate of drug-likeness (QED) is 0.640. The normalized spacial score (nSPS) is 12.2. The summed E-state index contributed by atoms with van der Waals surface area (Å²) in [4.78, 5) is 3.46. The highest BCUT2D eigenvalue weighted by molar-refractivity contribution is 9.10. The maximum Gasteiger partial charge on any atom is 0.246 e. The molecule has 0 radical (unpaired) electrons. The lowest BCUT2D eigenvalue weighted by Gasteiger charge is -2.02. The number of nitrogens with zero attached hydrogens (tertiary/aromatic N) is 1. The molecule has 0 spiro atoms. The van der Waals surface area contributed by atoms with Crippen molar-refractivity contribution in [1.29, 1.82) is 0 Å². The highest BCUT2D eigenvalue weighted by Crippen LogP contribution is 2.23. The second kappa shape index (κ2) is 3.73. The predicted octanol–water partition coefficient (Wildman–Crippen LogP) is 3.74. The first kappa shape index (κ1) is 9.28. The maximum atomic E-state index is 6.88. The number of hydrogen-bond acceptors (Lipinski definition) is 0. The Morgan fingerprint density at radius 2 is 2.17 bits per heavy atom. The van der Waals surface area contributed by atoms with Gasteiger partial charge >= 0.3 is 0 Å². The molecule has 0 aliphatic rings. The zero-order valence-electron chi connectivity index (χ0n) is 7.13. The van der Waals surface area contributed by atoms with Crippen LogP contribution in [-0.4, -0.2) is 0 Å². The fraction of sp³-hybridized carbons (Fsp3) is 0.300. The summed E-state index contributed by atoms with van der Waals surface area (Å²) in [7, 11) is 0. The van der Waals surface area contributed by atoms with Crippen LogP contribution in [0.4, 0.5) is 0 Å². The van der Waals surface area contributed by atoms with E-state index in [1.165, 1.54) is 5.56 Å². The van der Waals surface area contributed by atoms with E-state index in [0.29, 0.717) is 0 Å². The number of benzene rings is 1. The van der Waals surface area contributed by atoms with E-state index in [0.717, 1.165) is 10.0 Å². The van der Waals surface area contributed by atoms with Crippen LogP contribution in [0.5, 0.6) is 0 Å². The molecule has 0 aliphatic carbocycles. The van der Waals surface area contributed by atoms with Crippen molar-refractivity contribution in [3.8, 4) is 0 Å². The Labute approximate surface area is 81.4 Å². The van der Waals surface area contributed by atoms with Crippen LogP contribution in [0.1, 0.15) is 24.1 Å². The lowest BCUT2D eigenvalue weighted by molar-refractivity contribution is 0.958. The highest BCUT2D eigenvalue weighted by atomic mass is 79.9. The molecule has 0 N–H and O–H groups in total. The first-order valence-electron chi connectivity index (χ1n) is 3.77. The molecule has 2 heteroatoms. The first-order chi connectivity index (χ1) is 5.65. The predicted molar refractivity (Wildman–Crippen MR) is 53.9 cm³/mol. The molecule has 0 fully saturated rings. The van der Waals surface area contributed by atoms with Crippen LogP contribution in [0, 0.1) is 13.5 Å². The fourth-order valence-corrected chi connectivity index (χ4v) is 1.34. The van der Waals surface area contributed by atoms with E-state index in [1.807, 2.05) is 32.0 Å². The molecule has 1 nitrogen and oxygen atoms in total. The molecule has 0 saturated heterocycles. The van der Waals surface area contributed by atoms with Crippen molar-refractivity contribution < 1.29 is 0 Å². The van der Waals surface area contributed by atoms with E-state index in [4.69, 9.17) is 6.57 Å². The molecule has 1 rings (SSSR count). The lowest BCUT2D eigenvalue weighted by atomic mass is 10.1. The second-order valence-corrected chi connectivity index (χ2v) is 3.67. The van der Waals surface area contributed by atoms with Crippen molar-refractivity contribution >= 4 is 15.9 Å². The van der Waals surface area contributed by atoms with E-state index >= 15 is 0 Å². The number of halogens is 1. The van der Waals surface area contributed by atoms with Gasteiger partial charge in [0.25, 0.3) is 0 Å². The van der Waals surface area contributed by atoms with E-state index in [-0.39, 0.29) is 6.04 Å². The molecule has 1 aromatic carbocycles. The van der Waals surface area contributed by atoms with Crippen LogP contribution < -0.4 is 0 Å². The summed E-state index contributed by atoms with van der Waals surface area (Å²) < 4.78 is 1.08. The third-order valence-corrected chi connectivity index (χ3v) is 2.73. The van der Waals surface area contributed by atoms with Crippen LogP contribution in [0.25, 0.3) is 4.85 Å². The maximum absolute atomic E-state index is 6.88. The molecule has 0 aliphatic heterocycles. The Hall–Kier alpha value is -0.810. The van der Waals surface area contributed by atoms with Gasteiger partial charge in [-0.2, -0.15) is 0 Å². The van der Waals surface area contributed by atoms with Crippen molar-refractivity contribution in [3.05, 3.63) is 45.2 Å². The molecule has 1 unspecified atom stereocenters. The molecular weight excluding hydrogens is 214 g/mol. The Morgan fingerprint density at radius 3 is 2.67 bits per heavy atom. The average Bonchev–Trinajstić information content (AvgIpc) is 2.08. The minimum absolute atomic E-state index is 0.0399. The molecule has 0 aromatic heterocycles. The summed E-state index contributed by atoms with van der Waals surface area (Å²) >= 11 is 3.44. The van der Waals surface area contributed by atoms with Crippen LogP contribution in [0.3, 0.4) is 0 Å². The van der Waals surface area contributed by atoms with Gasteiger partial charge in [0, 0.05) is 17.0 Å². The Balaban J connectivity index is 3.06. The van der Waals surface area contributed by atoms with Gasteiger partial charge in [-0.15, -0.1) is 0 Å². The van der Waals surface area contributed by atoms with Crippen LogP contribution >= 0.6 is 15.9 Å². The Bertz CT molecular complexity index is 325. The third kappa shape index (κ3) is 1.86. The average molecular weight is 224 g/mol. The standard InChI is InChI=1S/C10H10BrN/c1-7-4-5-9(6-10(7)11)8(2)12-3/h4-6,8H,1-2H3. The molecule has 0 saturated carbocycles. The smallest absolute Gasteiger partial charge is 0.246 e. The SMILES string of the molecule is [C-]#[N+]C(C)c1ccc(C)c(Br)c1. The third-order valence-electron chi connectivity index (χ3n) is 1.87. The minimum Gasteiger partial charge on any atom is -0.309 e. The summed E-state index contributed by atoms with van der Waals surface area (Å²) in [5, 5.41) is 0.